The van der Waals surface area contributed by atoms with E-state index in [1.54, 1.807) is 18.2 Å². The molecular formula is C13H17ClN2O2. The molecule has 98 valence electrons. The highest BCUT2D eigenvalue weighted by Gasteiger charge is 2.28. The van der Waals surface area contributed by atoms with Gasteiger partial charge in [-0.25, -0.2) is 0 Å². The fourth-order valence-electron chi connectivity index (χ4n) is 2.42. The second-order valence-electron chi connectivity index (χ2n) is 4.69. The van der Waals surface area contributed by atoms with Gasteiger partial charge in [-0.1, -0.05) is 18.0 Å². The molecule has 1 aromatic rings. The maximum atomic E-state index is 12.1. The number of carbonyl (C=O) groups excluding carboxylic acids is 1. The normalized spacial score (nSPS) is 23.0. The molecule has 0 spiro atoms. The summed E-state index contributed by atoms with van der Waals surface area (Å²) in [6.45, 7) is 0.107. The minimum atomic E-state index is -0.222. The van der Waals surface area contributed by atoms with Crippen LogP contribution in [0, 0.1) is 5.92 Å². The Kier molecular flexibility index (Phi) is 4.09. The highest BCUT2D eigenvalue weighted by atomic mass is 35.5. The van der Waals surface area contributed by atoms with E-state index in [1.807, 2.05) is 0 Å². The minimum absolute atomic E-state index is 0.0286. The quantitative estimate of drug-likeness (QED) is 0.732. The van der Waals surface area contributed by atoms with Crippen molar-refractivity contribution in [1.29, 1.82) is 0 Å². The Bertz CT molecular complexity index is 451. The van der Waals surface area contributed by atoms with Crippen LogP contribution in [0.25, 0.3) is 0 Å². The van der Waals surface area contributed by atoms with Gasteiger partial charge in [0.05, 0.1) is 5.56 Å². The Hall–Kier alpha value is -1.26. The molecule has 5 heteroatoms. The molecule has 1 amide bonds. The van der Waals surface area contributed by atoms with E-state index in [0.717, 1.165) is 19.3 Å². The van der Waals surface area contributed by atoms with Crippen molar-refractivity contribution in [2.75, 3.05) is 12.3 Å². The van der Waals surface area contributed by atoms with E-state index < -0.39 is 0 Å². The van der Waals surface area contributed by atoms with Crippen molar-refractivity contribution in [2.45, 2.75) is 25.3 Å². The van der Waals surface area contributed by atoms with E-state index in [0.29, 0.717) is 16.3 Å². The molecule has 18 heavy (non-hydrogen) atoms. The Morgan fingerprint density at radius 3 is 3.00 bits per heavy atom. The monoisotopic (exact) mass is 268 g/mol. The van der Waals surface area contributed by atoms with Crippen LogP contribution < -0.4 is 11.1 Å². The lowest BCUT2D eigenvalue weighted by Gasteiger charge is -2.19. The molecule has 1 fully saturated rings. The summed E-state index contributed by atoms with van der Waals surface area (Å²) in [7, 11) is 0. The van der Waals surface area contributed by atoms with E-state index in [9.17, 15) is 9.90 Å². The molecule has 4 N–H and O–H groups in total. The number of carbonyl (C=O) groups is 1. The smallest absolute Gasteiger partial charge is 0.253 e. The van der Waals surface area contributed by atoms with Gasteiger partial charge >= 0.3 is 0 Å². The summed E-state index contributed by atoms with van der Waals surface area (Å²) >= 11 is 5.86. The zero-order valence-electron chi connectivity index (χ0n) is 10.0. The van der Waals surface area contributed by atoms with Crippen LogP contribution >= 0.6 is 11.6 Å². The summed E-state index contributed by atoms with van der Waals surface area (Å²) in [5.41, 5.74) is 6.57. The van der Waals surface area contributed by atoms with E-state index in [4.69, 9.17) is 17.3 Å². The van der Waals surface area contributed by atoms with Gasteiger partial charge in [0, 0.05) is 29.3 Å². The molecule has 2 rings (SSSR count). The van der Waals surface area contributed by atoms with Gasteiger partial charge in [0.2, 0.25) is 0 Å². The molecule has 0 aromatic heterocycles. The first kappa shape index (κ1) is 13.2. The molecule has 0 radical (unpaired) electrons. The molecule has 4 nitrogen and oxygen atoms in total. The Labute approximate surface area is 111 Å². The molecule has 2 atom stereocenters. The lowest BCUT2D eigenvalue weighted by molar-refractivity contribution is 0.0917. The Balaban J connectivity index is 2.09. The average molecular weight is 269 g/mol. The van der Waals surface area contributed by atoms with Crippen molar-refractivity contribution in [3.05, 3.63) is 28.8 Å². The molecule has 1 aliphatic rings. The average Bonchev–Trinajstić information content (AvgIpc) is 2.79. The first-order chi connectivity index (χ1) is 8.61. The number of amides is 1. The Morgan fingerprint density at radius 1 is 1.50 bits per heavy atom. The van der Waals surface area contributed by atoms with Crippen molar-refractivity contribution in [2.24, 2.45) is 5.92 Å². The van der Waals surface area contributed by atoms with Crippen molar-refractivity contribution >= 4 is 23.2 Å². The summed E-state index contributed by atoms with van der Waals surface area (Å²) < 4.78 is 0. The second-order valence-corrected chi connectivity index (χ2v) is 5.12. The second kappa shape index (κ2) is 5.59. The number of aliphatic hydroxyl groups excluding tert-OH is 1. The van der Waals surface area contributed by atoms with Crippen molar-refractivity contribution in [1.82, 2.24) is 5.32 Å². The third kappa shape index (κ3) is 2.76. The molecule has 0 aliphatic heterocycles. The van der Waals surface area contributed by atoms with Crippen LogP contribution in [0.15, 0.2) is 18.2 Å². The fourth-order valence-corrected chi connectivity index (χ4v) is 2.59. The number of nitrogens with one attached hydrogen (secondary N) is 1. The van der Waals surface area contributed by atoms with Gasteiger partial charge in [-0.3, -0.25) is 4.79 Å². The summed E-state index contributed by atoms with van der Waals surface area (Å²) in [6.07, 6.45) is 2.88. The third-order valence-electron chi connectivity index (χ3n) is 3.47. The van der Waals surface area contributed by atoms with Crippen LogP contribution in [0.4, 0.5) is 5.69 Å². The number of benzene rings is 1. The predicted molar refractivity (Wildman–Crippen MR) is 71.5 cm³/mol. The molecule has 1 aromatic carbocycles. The van der Waals surface area contributed by atoms with Crippen molar-refractivity contribution < 1.29 is 9.90 Å². The van der Waals surface area contributed by atoms with Gasteiger partial charge < -0.3 is 16.2 Å². The molecule has 2 unspecified atom stereocenters. The number of hydrogen-bond donors (Lipinski definition) is 3. The number of nitrogens with two attached hydrogens (primary N) is 1. The van der Waals surface area contributed by atoms with E-state index >= 15 is 0 Å². The Morgan fingerprint density at radius 2 is 2.28 bits per heavy atom. The van der Waals surface area contributed by atoms with Gasteiger partial charge in [0.1, 0.15) is 0 Å². The fraction of sp³-hybridized carbons (Fsp3) is 0.462. The number of nitrogen functional groups attached to an aromatic ring is 1. The van der Waals surface area contributed by atoms with Gasteiger partial charge in [-0.15, -0.1) is 0 Å². The molecular weight excluding hydrogens is 252 g/mol. The van der Waals surface area contributed by atoms with Crippen LogP contribution in [-0.4, -0.2) is 23.7 Å². The first-order valence-electron chi connectivity index (χ1n) is 6.08. The zero-order valence-corrected chi connectivity index (χ0v) is 10.8. The van der Waals surface area contributed by atoms with Crippen LogP contribution in [0.5, 0.6) is 0 Å². The predicted octanol–water partition coefficient (Wildman–Crippen LogP) is 1.81. The largest absolute Gasteiger partial charge is 0.398 e. The molecule has 0 saturated heterocycles. The van der Waals surface area contributed by atoms with Crippen LogP contribution in [0.1, 0.15) is 29.6 Å². The van der Waals surface area contributed by atoms with Crippen LogP contribution in [0.2, 0.25) is 5.02 Å². The molecule has 0 bridgehead atoms. The lowest BCUT2D eigenvalue weighted by atomic mass is 10.0. The number of anilines is 1. The lowest BCUT2D eigenvalue weighted by Crippen LogP contribution is -2.38. The van der Waals surface area contributed by atoms with Gasteiger partial charge in [0.15, 0.2) is 0 Å². The standard InChI is InChI=1S/C13H17ClN2O2/c14-9-4-5-11(15)10(6-9)13(18)16-12-3-1-2-8(12)7-17/h4-6,8,12,17H,1-3,7,15H2,(H,16,18). The highest BCUT2D eigenvalue weighted by molar-refractivity contribution is 6.31. The number of rotatable bonds is 3. The number of aliphatic hydroxyl groups is 1. The van der Waals surface area contributed by atoms with Crippen LogP contribution in [0.3, 0.4) is 0 Å². The van der Waals surface area contributed by atoms with E-state index in [1.165, 1.54) is 0 Å². The maximum absolute atomic E-state index is 12.1. The van der Waals surface area contributed by atoms with Crippen molar-refractivity contribution in [3.8, 4) is 0 Å². The summed E-state index contributed by atoms with van der Waals surface area (Å²) in [4.78, 5) is 12.1. The topological polar surface area (TPSA) is 75.4 Å². The van der Waals surface area contributed by atoms with Gasteiger partial charge in [0.25, 0.3) is 5.91 Å². The van der Waals surface area contributed by atoms with Crippen molar-refractivity contribution in [3.63, 3.8) is 0 Å². The highest BCUT2D eigenvalue weighted by Crippen LogP contribution is 2.26. The molecule has 0 heterocycles. The first-order valence-corrected chi connectivity index (χ1v) is 6.46. The summed E-state index contributed by atoms with van der Waals surface area (Å²) in [5.74, 6) is -0.0743. The molecule has 1 aliphatic carbocycles. The van der Waals surface area contributed by atoms with Gasteiger partial charge in [-0.05, 0) is 31.0 Å². The van der Waals surface area contributed by atoms with Gasteiger partial charge in [-0.2, -0.15) is 0 Å². The SMILES string of the molecule is Nc1ccc(Cl)cc1C(=O)NC1CCCC1CO. The van der Waals surface area contributed by atoms with Crippen LogP contribution in [-0.2, 0) is 0 Å². The maximum Gasteiger partial charge on any atom is 0.253 e. The zero-order chi connectivity index (χ0) is 13.1. The number of hydrogen-bond acceptors (Lipinski definition) is 3. The third-order valence-corrected chi connectivity index (χ3v) is 3.71. The van der Waals surface area contributed by atoms with E-state index in [2.05, 4.69) is 5.32 Å². The summed E-state index contributed by atoms with van der Waals surface area (Å²) in [5, 5.41) is 12.6. The summed E-state index contributed by atoms with van der Waals surface area (Å²) in [6, 6.07) is 4.87. The number of halogens is 1. The molecule has 1 saturated carbocycles. The van der Waals surface area contributed by atoms with E-state index in [-0.39, 0.29) is 24.5 Å². The minimum Gasteiger partial charge on any atom is -0.398 e.